The molecule has 0 radical (unpaired) electrons. The van der Waals surface area contributed by atoms with Crippen LogP contribution in [0.1, 0.15) is 36.8 Å². The minimum Gasteiger partial charge on any atom is -0.493 e. The molecule has 172 valence electrons. The zero-order chi connectivity index (χ0) is 23.5. The number of urea groups is 1. The fourth-order valence-corrected chi connectivity index (χ4v) is 4.65. The third kappa shape index (κ3) is 4.93. The molecule has 1 aliphatic heterocycles. The van der Waals surface area contributed by atoms with Crippen LogP contribution in [0.25, 0.3) is 6.08 Å². The van der Waals surface area contributed by atoms with E-state index in [0.29, 0.717) is 27.1 Å². The zero-order valence-electron chi connectivity index (χ0n) is 17.9. The first-order valence-corrected chi connectivity index (χ1v) is 11.3. The highest BCUT2D eigenvalue weighted by Crippen LogP contribution is 2.38. The minimum atomic E-state index is -0.735. The average Bonchev–Trinajstić information content (AvgIpc) is 3.29. The number of amides is 4. The number of barbiturate groups is 1. The van der Waals surface area contributed by atoms with Gasteiger partial charge in [-0.05, 0) is 70.2 Å². The summed E-state index contributed by atoms with van der Waals surface area (Å²) in [7, 11) is 1.46. The number of methoxy groups -OCH3 is 1. The second kappa shape index (κ2) is 9.74. The monoisotopic (exact) mass is 516 g/mol. The second-order valence-electron chi connectivity index (χ2n) is 7.88. The largest absolute Gasteiger partial charge is 0.493 e. The summed E-state index contributed by atoms with van der Waals surface area (Å²) >= 11 is 3.44. The predicted octanol–water partition coefficient (Wildman–Crippen LogP) is 4.58. The summed E-state index contributed by atoms with van der Waals surface area (Å²) in [4.78, 5) is 38.9. The van der Waals surface area contributed by atoms with E-state index in [4.69, 9.17) is 9.47 Å². The highest BCUT2D eigenvalue weighted by atomic mass is 79.9. The molecule has 0 atom stereocenters. The van der Waals surface area contributed by atoms with Crippen molar-refractivity contribution >= 4 is 39.9 Å². The first-order valence-electron chi connectivity index (χ1n) is 10.5. The first kappa shape index (κ1) is 23.0. The van der Waals surface area contributed by atoms with Crippen LogP contribution in [-0.4, -0.2) is 35.9 Å². The maximum absolute atomic E-state index is 13.4. The Labute approximate surface area is 198 Å². The summed E-state index contributed by atoms with van der Waals surface area (Å²) < 4.78 is 25.2. The van der Waals surface area contributed by atoms with Gasteiger partial charge in [-0.25, -0.2) is 9.18 Å². The van der Waals surface area contributed by atoms with Gasteiger partial charge in [0.15, 0.2) is 11.5 Å². The lowest BCUT2D eigenvalue weighted by atomic mass is 10.0. The SMILES string of the molecule is COc1cc(/C=C2\C(=O)NC(=O)N(C3CCCC3)C2=O)cc(Br)c1OCc1cccc(F)c1. The molecule has 0 unspecified atom stereocenters. The number of nitrogens with zero attached hydrogens (tertiary/aromatic N) is 1. The van der Waals surface area contributed by atoms with Gasteiger partial charge in [-0.2, -0.15) is 0 Å². The van der Waals surface area contributed by atoms with Crippen molar-refractivity contribution in [2.45, 2.75) is 38.3 Å². The molecule has 1 saturated carbocycles. The maximum atomic E-state index is 13.4. The topological polar surface area (TPSA) is 84.9 Å². The predicted molar refractivity (Wildman–Crippen MR) is 122 cm³/mol. The van der Waals surface area contributed by atoms with Crippen LogP contribution < -0.4 is 14.8 Å². The normalized spacial score (nSPS) is 18.1. The van der Waals surface area contributed by atoms with Crippen LogP contribution in [-0.2, 0) is 16.2 Å². The van der Waals surface area contributed by atoms with Gasteiger partial charge in [-0.3, -0.25) is 19.8 Å². The van der Waals surface area contributed by atoms with E-state index in [1.54, 1.807) is 24.3 Å². The lowest BCUT2D eigenvalue weighted by Gasteiger charge is -2.31. The average molecular weight is 517 g/mol. The molecule has 2 fully saturated rings. The summed E-state index contributed by atoms with van der Waals surface area (Å²) in [5, 5.41) is 2.27. The Bertz CT molecular complexity index is 1140. The number of benzene rings is 2. The van der Waals surface area contributed by atoms with Gasteiger partial charge in [0.1, 0.15) is 18.0 Å². The van der Waals surface area contributed by atoms with Crippen molar-refractivity contribution in [3.05, 3.63) is 63.4 Å². The van der Waals surface area contributed by atoms with Crippen LogP contribution in [0.4, 0.5) is 9.18 Å². The van der Waals surface area contributed by atoms with E-state index in [1.807, 2.05) is 0 Å². The van der Waals surface area contributed by atoms with Crippen molar-refractivity contribution in [2.24, 2.45) is 0 Å². The lowest BCUT2D eigenvalue weighted by Crippen LogP contribution is -2.57. The van der Waals surface area contributed by atoms with E-state index in [-0.39, 0.29) is 24.0 Å². The number of ether oxygens (including phenoxy) is 2. The second-order valence-corrected chi connectivity index (χ2v) is 8.74. The molecule has 33 heavy (non-hydrogen) atoms. The van der Waals surface area contributed by atoms with Gasteiger partial charge in [0, 0.05) is 6.04 Å². The van der Waals surface area contributed by atoms with Crippen molar-refractivity contribution in [2.75, 3.05) is 7.11 Å². The Morgan fingerprint density at radius 3 is 2.64 bits per heavy atom. The molecule has 2 aromatic carbocycles. The van der Waals surface area contributed by atoms with E-state index in [2.05, 4.69) is 21.2 Å². The smallest absolute Gasteiger partial charge is 0.331 e. The van der Waals surface area contributed by atoms with Crippen LogP contribution in [0.2, 0.25) is 0 Å². The lowest BCUT2D eigenvalue weighted by molar-refractivity contribution is -0.131. The summed E-state index contributed by atoms with van der Waals surface area (Å²) in [5.74, 6) is -0.936. The van der Waals surface area contributed by atoms with Gasteiger partial charge in [0.2, 0.25) is 0 Å². The molecule has 1 aliphatic carbocycles. The maximum Gasteiger partial charge on any atom is 0.331 e. The molecule has 9 heteroatoms. The van der Waals surface area contributed by atoms with Crippen molar-refractivity contribution in [3.8, 4) is 11.5 Å². The molecular weight excluding hydrogens is 495 g/mol. The molecule has 4 amide bonds. The van der Waals surface area contributed by atoms with Gasteiger partial charge >= 0.3 is 6.03 Å². The number of halogens is 2. The van der Waals surface area contributed by atoms with Gasteiger partial charge < -0.3 is 9.47 Å². The Balaban J connectivity index is 1.60. The number of carbonyl (C=O) groups excluding carboxylic acids is 3. The van der Waals surface area contributed by atoms with Gasteiger partial charge in [-0.1, -0.05) is 25.0 Å². The van der Waals surface area contributed by atoms with Crippen molar-refractivity contribution in [1.82, 2.24) is 10.2 Å². The minimum absolute atomic E-state index is 0.118. The van der Waals surface area contributed by atoms with Crippen LogP contribution >= 0.6 is 15.9 Å². The molecule has 1 saturated heterocycles. The van der Waals surface area contributed by atoms with Crippen molar-refractivity contribution in [1.29, 1.82) is 0 Å². The third-order valence-corrected chi connectivity index (χ3v) is 6.25. The summed E-state index contributed by atoms with van der Waals surface area (Å²) in [6.45, 7) is 0.118. The highest BCUT2D eigenvalue weighted by molar-refractivity contribution is 9.10. The molecular formula is C24H22BrFN2O5. The molecule has 2 aromatic rings. The van der Waals surface area contributed by atoms with E-state index in [9.17, 15) is 18.8 Å². The van der Waals surface area contributed by atoms with Crippen LogP contribution in [0.15, 0.2) is 46.4 Å². The zero-order valence-corrected chi connectivity index (χ0v) is 19.5. The van der Waals surface area contributed by atoms with Crippen LogP contribution in [0.3, 0.4) is 0 Å². The standard InChI is InChI=1S/C24H22BrFN2O5/c1-32-20-12-15(11-19(25)21(20)33-13-14-5-4-6-16(26)9-14)10-18-22(29)27-24(31)28(23(18)30)17-7-2-3-8-17/h4-6,9-12,17H,2-3,7-8,13H2,1H3,(H,27,29,31)/b18-10+. The summed E-state index contributed by atoms with van der Waals surface area (Å²) in [6.07, 6.45) is 4.77. The summed E-state index contributed by atoms with van der Waals surface area (Å²) in [5.41, 5.74) is 1.04. The molecule has 4 rings (SSSR count). The van der Waals surface area contributed by atoms with Crippen LogP contribution in [0.5, 0.6) is 11.5 Å². The van der Waals surface area contributed by atoms with Crippen molar-refractivity contribution < 1.29 is 28.2 Å². The quantitative estimate of drug-likeness (QED) is 0.448. The number of hydrogen-bond donors (Lipinski definition) is 1. The number of imide groups is 2. The number of hydrogen-bond acceptors (Lipinski definition) is 5. The first-order chi connectivity index (χ1) is 15.9. The molecule has 0 bridgehead atoms. The molecule has 1 N–H and O–H groups in total. The van der Waals surface area contributed by atoms with Gasteiger partial charge in [-0.15, -0.1) is 0 Å². The van der Waals surface area contributed by atoms with Crippen molar-refractivity contribution in [3.63, 3.8) is 0 Å². The molecule has 0 spiro atoms. The fourth-order valence-electron chi connectivity index (χ4n) is 4.08. The van der Waals surface area contributed by atoms with E-state index < -0.39 is 17.8 Å². The van der Waals surface area contributed by atoms with Gasteiger partial charge in [0.05, 0.1) is 11.6 Å². The Morgan fingerprint density at radius 1 is 1.18 bits per heavy atom. The fraction of sp³-hybridized carbons (Fsp3) is 0.292. The number of rotatable bonds is 6. The number of nitrogens with one attached hydrogen (secondary N) is 1. The Kier molecular flexibility index (Phi) is 6.78. The van der Waals surface area contributed by atoms with Crippen LogP contribution in [0, 0.1) is 5.82 Å². The van der Waals surface area contributed by atoms with E-state index in [1.165, 1.54) is 25.3 Å². The Hall–Kier alpha value is -3.20. The third-order valence-electron chi connectivity index (χ3n) is 5.66. The highest BCUT2D eigenvalue weighted by Gasteiger charge is 2.40. The van der Waals surface area contributed by atoms with E-state index in [0.717, 1.165) is 30.6 Å². The number of carbonyl (C=O) groups is 3. The summed E-state index contributed by atoms with van der Waals surface area (Å²) in [6, 6.07) is 8.50. The van der Waals surface area contributed by atoms with Gasteiger partial charge in [0.25, 0.3) is 11.8 Å². The molecule has 0 aromatic heterocycles. The Morgan fingerprint density at radius 2 is 1.94 bits per heavy atom. The molecule has 7 nitrogen and oxygen atoms in total. The molecule has 1 heterocycles. The molecule has 2 aliphatic rings. The van der Waals surface area contributed by atoms with E-state index >= 15 is 0 Å².